The number of pyridine rings is 1. The molecule has 0 amide bonds. The van der Waals surface area contributed by atoms with Gasteiger partial charge in [-0.3, -0.25) is 0 Å². The van der Waals surface area contributed by atoms with Gasteiger partial charge >= 0.3 is 0 Å². The molecule has 0 spiro atoms. The lowest BCUT2D eigenvalue weighted by atomic mass is 10.1. The first-order valence-electron chi connectivity index (χ1n) is 6.55. The van der Waals surface area contributed by atoms with Crippen molar-refractivity contribution in [1.82, 2.24) is 10.3 Å². The van der Waals surface area contributed by atoms with E-state index in [9.17, 15) is 0 Å². The molecule has 0 saturated carbocycles. The first-order valence-corrected chi connectivity index (χ1v) is 6.55. The van der Waals surface area contributed by atoms with Crippen molar-refractivity contribution in [2.75, 3.05) is 13.2 Å². The van der Waals surface area contributed by atoms with Crippen LogP contribution in [0.2, 0.25) is 0 Å². The minimum atomic E-state index is 0.479. The summed E-state index contributed by atoms with van der Waals surface area (Å²) in [6, 6.07) is 8.77. The van der Waals surface area contributed by atoms with E-state index in [1.54, 1.807) is 0 Å². The van der Waals surface area contributed by atoms with Crippen LogP contribution < -0.4 is 10.1 Å². The molecule has 1 aromatic carbocycles. The Morgan fingerprint density at radius 3 is 3.11 bits per heavy atom. The third-order valence-electron chi connectivity index (χ3n) is 3.57. The quantitative estimate of drug-likeness (QED) is 0.898. The van der Waals surface area contributed by atoms with Crippen molar-refractivity contribution < 1.29 is 4.74 Å². The Kier molecular flexibility index (Phi) is 3.15. The number of nitrogens with zero attached hydrogens (tertiary/aromatic N) is 1. The van der Waals surface area contributed by atoms with E-state index >= 15 is 0 Å². The molecule has 1 aromatic heterocycles. The smallest absolute Gasteiger partial charge is 0.221 e. The molecule has 1 unspecified atom stereocenters. The minimum absolute atomic E-state index is 0.479. The lowest BCUT2D eigenvalue weighted by molar-refractivity contribution is 0.271. The van der Waals surface area contributed by atoms with Crippen LogP contribution in [-0.4, -0.2) is 24.2 Å². The lowest BCUT2D eigenvalue weighted by Gasteiger charge is -2.13. The number of fused-ring (bicyclic) bond motifs is 1. The van der Waals surface area contributed by atoms with Crippen LogP contribution in [0.25, 0.3) is 10.8 Å². The van der Waals surface area contributed by atoms with E-state index in [2.05, 4.69) is 35.4 Å². The number of rotatable bonds is 3. The first-order chi connectivity index (χ1) is 8.84. The van der Waals surface area contributed by atoms with Crippen LogP contribution in [0.15, 0.2) is 30.5 Å². The van der Waals surface area contributed by atoms with E-state index in [-0.39, 0.29) is 0 Å². The molecule has 2 heterocycles. The van der Waals surface area contributed by atoms with Gasteiger partial charge < -0.3 is 10.1 Å². The molecule has 1 aliphatic rings. The summed E-state index contributed by atoms with van der Waals surface area (Å²) in [5.41, 5.74) is 1.26. The zero-order chi connectivity index (χ0) is 12.4. The monoisotopic (exact) mass is 242 g/mol. The Bertz CT molecular complexity index is 547. The van der Waals surface area contributed by atoms with Crippen LogP contribution in [-0.2, 0) is 0 Å². The zero-order valence-electron chi connectivity index (χ0n) is 10.6. The summed E-state index contributed by atoms with van der Waals surface area (Å²) in [5.74, 6) is 0.755. The molecule has 3 rings (SSSR count). The van der Waals surface area contributed by atoms with Crippen LogP contribution in [0.3, 0.4) is 0 Å². The fourth-order valence-corrected chi connectivity index (χ4v) is 2.53. The largest absolute Gasteiger partial charge is 0.476 e. The van der Waals surface area contributed by atoms with Gasteiger partial charge in [0.25, 0.3) is 0 Å². The summed E-state index contributed by atoms with van der Waals surface area (Å²) in [5, 5.41) is 5.76. The Labute approximate surface area is 107 Å². The Morgan fingerprint density at radius 2 is 2.28 bits per heavy atom. The molecule has 1 atom stereocenters. The van der Waals surface area contributed by atoms with E-state index in [0.717, 1.165) is 17.8 Å². The van der Waals surface area contributed by atoms with E-state index in [0.29, 0.717) is 12.6 Å². The second kappa shape index (κ2) is 4.94. The van der Waals surface area contributed by atoms with Gasteiger partial charge in [0.2, 0.25) is 5.88 Å². The maximum atomic E-state index is 5.88. The van der Waals surface area contributed by atoms with E-state index in [1.165, 1.54) is 23.8 Å². The van der Waals surface area contributed by atoms with Crippen LogP contribution in [0.1, 0.15) is 18.4 Å². The molecule has 3 nitrogen and oxygen atoms in total. The molecule has 2 aromatic rings. The highest BCUT2D eigenvalue weighted by Crippen LogP contribution is 2.25. The van der Waals surface area contributed by atoms with Gasteiger partial charge in [-0.05, 0) is 49.4 Å². The van der Waals surface area contributed by atoms with Gasteiger partial charge in [-0.25, -0.2) is 4.98 Å². The zero-order valence-corrected chi connectivity index (χ0v) is 10.6. The summed E-state index contributed by atoms with van der Waals surface area (Å²) in [4.78, 5) is 4.36. The first kappa shape index (κ1) is 11.5. The molecule has 18 heavy (non-hydrogen) atoms. The molecule has 1 aliphatic heterocycles. The molecule has 1 saturated heterocycles. The van der Waals surface area contributed by atoms with Crippen LogP contribution >= 0.6 is 0 Å². The Balaban J connectivity index is 1.85. The third-order valence-corrected chi connectivity index (χ3v) is 3.57. The maximum absolute atomic E-state index is 5.88. The number of nitrogens with one attached hydrogen (secondary N) is 1. The van der Waals surface area contributed by atoms with Crippen LogP contribution in [0.4, 0.5) is 0 Å². The van der Waals surface area contributed by atoms with Crippen molar-refractivity contribution in [3.8, 4) is 5.88 Å². The van der Waals surface area contributed by atoms with E-state index in [1.807, 2.05) is 12.3 Å². The van der Waals surface area contributed by atoms with Crippen molar-refractivity contribution in [2.24, 2.45) is 0 Å². The Hall–Kier alpha value is -1.61. The van der Waals surface area contributed by atoms with E-state index in [4.69, 9.17) is 4.74 Å². The number of benzene rings is 1. The van der Waals surface area contributed by atoms with Gasteiger partial charge in [0.1, 0.15) is 6.61 Å². The van der Waals surface area contributed by atoms with Crippen molar-refractivity contribution in [2.45, 2.75) is 25.8 Å². The van der Waals surface area contributed by atoms with Crippen molar-refractivity contribution >= 4 is 10.8 Å². The highest BCUT2D eigenvalue weighted by atomic mass is 16.5. The number of hydrogen-bond donors (Lipinski definition) is 1. The molecule has 0 bridgehead atoms. The maximum Gasteiger partial charge on any atom is 0.221 e. The van der Waals surface area contributed by atoms with Gasteiger partial charge in [0, 0.05) is 17.6 Å². The number of aromatic nitrogens is 1. The van der Waals surface area contributed by atoms with Crippen molar-refractivity contribution in [3.63, 3.8) is 0 Å². The Morgan fingerprint density at radius 1 is 1.33 bits per heavy atom. The predicted octanol–water partition coefficient (Wildman–Crippen LogP) is 2.67. The number of aryl methyl sites for hydroxylation is 1. The SMILES string of the molecule is Cc1cccc2c(OCC3CCCN3)nccc12. The topological polar surface area (TPSA) is 34.1 Å². The second-order valence-corrected chi connectivity index (χ2v) is 4.89. The van der Waals surface area contributed by atoms with Crippen LogP contribution in [0.5, 0.6) is 5.88 Å². The van der Waals surface area contributed by atoms with Crippen molar-refractivity contribution in [1.29, 1.82) is 0 Å². The number of hydrogen-bond acceptors (Lipinski definition) is 3. The van der Waals surface area contributed by atoms with Crippen LogP contribution in [0, 0.1) is 6.92 Å². The second-order valence-electron chi connectivity index (χ2n) is 4.89. The molecule has 94 valence electrons. The minimum Gasteiger partial charge on any atom is -0.476 e. The molecule has 1 fully saturated rings. The normalized spacial score (nSPS) is 19.3. The average molecular weight is 242 g/mol. The van der Waals surface area contributed by atoms with Crippen molar-refractivity contribution in [3.05, 3.63) is 36.0 Å². The highest BCUT2D eigenvalue weighted by Gasteiger charge is 2.15. The average Bonchev–Trinajstić information content (AvgIpc) is 2.90. The standard InChI is InChI=1S/C15H18N2O/c1-11-4-2-6-14-13(11)7-9-17-15(14)18-10-12-5-3-8-16-12/h2,4,6-7,9,12,16H,3,5,8,10H2,1H3. The highest BCUT2D eigenvalue weighted by molar-refractivity contribution is 5.89. The van der Waals surface area contributed by atoms with E-state index < -0.39 is 0 Å². The molecule has 0 radical (unpaired) electrons. The molecule has 0 aliphatic carbocycles. The summed E-state index contributed by atoms with van der Waals surface area (Å²) < 4.78 is 5.88. The summed E-state index contributed by atoms with van der Waals surface area (Å²) in [6.45, 7) is 3.93. The summed E-state index contributed by atoms with van der Waals surface area (Å²) in [6.07, 6.45) is 4.27. The molecule has 1 N–H and O–H groups in total. The van der Waals surface area contributed by atoms with Gasteiger partial charge in [-0.1, -0.05) is 12.1 Å². The van der Waals surface area contributed by atoms with Gasteiger partial charge in [0.15, 0.2) is 0 Å². The molecule has 3 heteroatoms. The van der Waals surface area contributed by atoms with Gasteiger partial charge in [-0.15, -0.1) is 0 Å². The predicted molar refractivity (Wildman–Crippen MR) is 73.0 cm³/mol. The lowest BCUT2D eigenvalue weighted by Crippen LogP contribution is -2.28. The summed E-state index contributed by atoms with van der Waals surface area (Å²) in [7, 11) is 0. The van der Waals surface area contributed by atoms with Gasteiger partial charge in [-0.2, -0.15) is 0 Å². The fourth-order valence-electron chi connectivity index (χ4n) is 2.53. The summed E-state index contributed by atoms with van der Waals surface area (Å²) >= 11 is 0. The number of ether oxygens (including phenoxy) is 1. The molecular weight excluding hydrogens is 224 g/mol. The third kappa shape index (κ3) is 2.18. The van der Waals surface area contributed by atoms with Gasteiger partial charge in [0.05, 0.1) is 0 Å². The fraction of sp³-hybridized carbons (Fsp3) is 0.400. The molecular formula is C15H18N2O.